The Morgan fingerprint density at radius 1 is 1.07 bits per heavy atom. The average molecular weight is 401 g/mol. The average Bonchev–Trinajstić information content (AvgIpc) is 2.72. The zero-order valence-electron chi connectivity index (χ0n) is 15.9. The molecule has 0 aliphatic carbocycles. The summed E-state index contributed by atoms with van der Waals surface area (Å²) in [5.41, 5.74) is 0.682. The fourth-order valence-corrected chi connectivity index (χ4v) is 3.15. The predicted octanol–water partition coefficient (Wildman–Crippen LogP) is 2.09. The molecule has 2 aromatic carbocycles. The maximum atomic E-state index is 13.7. The molecule has 0 saturated carbocycles. The van der Waals surface area contributed by atoms with E-state index in [9.17, 15) is 23.2 Å². The van der Waals surface area contributed by atoms with Gasteiger partial charge in [0, 0.05) is 37.4 Å². The van der Waals surface area contributed by atoms with E-state index in [2.05, 4.69) is 5.32 Å². The molecule has 1 unspecified atom stereocenters. The zero-order valence-corrected chi connectivity index (χ0v) is 15.9. The molecule has 1 N–H and O–H groups in total. The molecule has 1 fully saturated rings. The number of benzene rings is 2. The lowest BCUT2D eigenvalue weighted by Crippen LogP contribution is -2.56. The number of hydrogen-bond donors (Lipinski definition) is 1. The van der Waals surface area contributed by atoms with Crippen molar-refractivity contribution in [1.29, 1.82) is 0 Å². The van der Waals surface area contributed by atoms with E-state index in [1.54, 1.807) is 31.2 Å². The monoisotopic (exact) mass is 401 g/mol. The van der Waals surface area contributed by atoms with Gasteiger partial charge in [0.25, 0.3) is 0 Å². The van der Waals surface area contributed by atoms with Crippen LogP contribution in [0.25, 0.3) is 0 Å². The van der Waals surface area contributed by atoms with E-state index in [-0.39, 0.29) is 18.7 Å². The lowest BCUT2D eigenvalue weighted by molar-refractivity contribution is -0.147. The van der Waals surface area contributed by atoms with Crippen LogP contribution < -0.4 is 10.2 Å². The second kappa shape index (κ2) is 8.81. The van der Waals surface area contributed by atoms with Gasteiger partial charge in [-0.15, -0.1) is 0 Å². The van der Waals surface area contributed by atoms with Crippen LogP contribution >= 0.6 is 0 Å². The van der Waals surface area contributed by atoms with Gasteiger partial charge >= 0.3 is 11.8 Å². The van der Waals surface area contributed by atoms with Crippen LogP contribution in [0.4, 0.5) is 14.5 Å². The summed E-state index contributed by atoms with van der Waals surface area (Å²) in [4.78, 5) is 39.9. The molecule has 1 aliphatic heterocycles. The first-order chi connectivity index (χ1) is 13.9. The Labute approximate surface area is 167 Å². The second-order valence-corrected chi connectivity index (χ2v) is 6.90. The smallest absolute Gasteiger partial charge is 0.316 e. The summed E-state index contributed by atoms with van der Waals surface area (Å²) in [5, 5.41) is 2.54. The molecule has 1 atom stereocenters. The highest BCUT2D eigenvalue weighted by Crippen LogP contribution is 2.18. The molecule has 0 radical (unpaired) electrons. The number of carbonyl (C=O) groups excluding carboxylic acids is 3. The Morgan fingerprint density at radius 2 is 1.79 bits per heavy atom. The van der Waals surface area contributed by atoms with Gasteiger partial charge in [-0.25, -0.2) is 8.78 Å². The van der Waals surface area contributed by atoms with Crippen molar-refractivity contribution >= 4 is 23.4 Å². The molecule has 152 valence electrons. The number of halogens is 2. The van der Waals surface area contributed by atoms with Crippen LogP contribution in [-0.4, -0.2) is 42.3 Å². The summed E-state index contributed by atoms with van der Waals surface area (Å²) < 4.78 is 26.9. The highest BCUT2D eigenvalue weighted by Gasteiger charge is 2.34. The van der Waals surface area contributed by atoms with Crippen LogP contribution in [0.2, 0.25) is 0 Å². The van der Waals surface area contributed by atoms with Crippen molar-refractivity contribution in [3.8, 4) is 0 Å². The Bertz CT molecular complexity index is 921. The van der Waals surface area contributed by atoms with Gasteiger partial charge in [-0.2, -0.15) is 0 Å². The molecule has 8 heteroatoms. The molecular weight excluding hydrogens is 380 g/mol. The first-order valence-electron chi connectivity index (χ1n) is 9.24. The molecule has 0 aromatic heterocycles. The van der Waals surface area contributed by atoms with E-state index in [0.29, 0.717) is 18.8 Å². The quantitative estimate of drug-likeness (QED) is 0.754. The van der Waals surface area contributed by atoms with Crippen LogP contribution in [0.3, 0.4) is 0 Å². The highest BCUT2D eigenvalue weighted by atomic mass is 19.1. The van der Waals surface area contributed by atoms with Gasteiger partial charge in [-0.3, -0.25) is 14.4 Å². The van der Waals surface area contributed by atoms with E-state index >= 15 is 0 Å². The third-order valence-electron chi connectivity index (χ3n) is 4.78. The van der Waals surface area contributed by atoms with Gasteiger partial charge in [-0.05, 0) is 30.3 Å². The standard InChI is InChI=1S/C21H21F2N3O3/c1-14(19(27)24-12-15-11-16(22)7-8-18(15)23)13-25-9-10-26(21(29)20(25)28)17-5-3-2-4-6-17/h2-8,11,14H,9-10,12-13H2,1H3,(H,24,27). The predicted molar refractivity (Wildman–Crippen MR) is 103 cm³/mol. The van der Waals surface area contributed by atoms with E-state index in [0.717, 1.165) is 18.2 Å². The van der Waals surface area contributed by atoms with Gasteiger partial charge in [0.05, 0.1) is 5.92 Å². The van der Waals surface area contributed by atoms with Gasteiger partial charge in [0.15, 0.2) is 0 Å². The fraction of sp³-hybridized carbons (Fsp3) is 0.286. The molecule has 3 rings (SSSR count). The van der Waals surface area contributed by atoms with Gasteiger partial charge in [0.2, 0.25) is 5.91 Å². The maximum Gasteiger partial charge on any atom is 0.316 e. The Morgan fingerprint density at radius 3 is 2.52 bits per heavy atom. The topological polar surface area (TPSA) is 69.7 Å². The number of nitrogens with one attached hydrogen (secondary N) is 1. The van der Waals surface area contributed by atoms with Crippen LogP contribution in [0.1, 0.15) is 12.5 Å². The van der Waals surface area contributed by atoms with Crippen LogP contribution in [0, 0.1) is 17.6 Å². The summed E-state index contributed by atoms with van der Waals surface area (Å²) in [6.07, 6.45) is 0. The van der Waals surface area contributed by atoms with Crippen molar-refractivity contribution in [3.63, 3.8) is 0 Å². The van der Waals surface area contributed by atoms with Crippen LogP contribution in [0.15, 0.2) is 48.5 Å². The van der Waals surface area contributed by atoms with Crippen LogP contribution in [0.5, 0.6) is 0 Å². The summed E-state index contributed by atoms with van der Waals surface area (Å²) in [6.45, 7) is 2.14. The second-order valence-electron chi connectivity index (χ2n) is 6.90. The van der Waals surface area contributed by atoms with E-state index in [4.69, 9.17) is 0 Å². The molecule has 1 saturated heterocycles. The SMILES string of the molecule is CC(CN1CCN(c2ccccc2)C(=O)C1=O)C(=O)NCc1cc(F)ccc1F. The first-order valence-corrected chi connectivity index (χ1v) is 9.24. The molecule has 0 spiro atoms. The van der Waals surface area contributed by atoms with Crippen molar-refractivity contribution in [2.45, 2.75) is 13.5 Å². The lowest BCUT2D eigenvalue weighted by Gasteiger charge is -2.34. The summed E-state index contributed by atoms with van der Waals surface area (Å²) in [6, 6.07) is 11.9. The minimum absolute atomic E-state index is 0.0354. The third-order valence-corrected chi connectivity index (χ3v) is 4.78. The van der Waals surface area contributed by atoms with Crippen molar-refractivity contribution in [2.75, 3.05) is 24.5 Å². The molecule has 6 nitrogen and oxygen atoms in total. The molecule has 3 amide bonds. The summed E-state index contributed by atoms with van der Waals surface area (Å²) in [7, 11) is 0. The van der Waals surface area contributed by atoms with E-state index in [1.807, 2.05) is 6.07 Å². The van der Waals surface area contributed by atoms with Crippen LogP contribution in [-0.2, 0) is 20.9 Å². The fourth-order valence-electron chi connectivity index (χ4n) is 3.15. The number of anilines is 1. The maximum absolute atomic E-state index is 13.7. The third kappa shape index (κ3) is 4.77. The zero-order chi connectivity index (χ0) is 21.0. The summed E-state index contributed by atoms with van der Waals surface area (Å²) >= 11 is 0. The number of para-hydroxylation sites is 1. The van der Waals surface area contributed by atoms with Crippen molar-refractivity contribution < 1.29 is 23.2 Å². The highest BCUT2D eigenvalue weighted by molar-refractivity contribution is 6.41. The number of hydrogen-bond acceptors (Lipinski definition) is 3. The lowest BCUT2D eigenvalue weighted by atomic mass is 10.1. The van der Waals surface area contributed by atoms with Crippen molar-refractivity contribution in [1.82, 2.24) is 10.2 Å². The van der Waals surface area contributed by atoms with Gasteiger partial charge in [-0.1, -0.05) is 25.1 Å². The number of carbonyl (C=O) groups is 3. The van der Waals surface area contributed by atoms with Gasteiger partial charge < -0.3 is 15.1 Å². The molecule has 1 aliphatic rings. The largest absolute Gasteiger partial charge is 0.352 e. The van der Waals surface area contributed by atoms with Gasteiger partial charge in [0.1, 0.15) is 11.6 Å². The number of nitrogens with zero attached hydrogens (tertiary/aromatic N) is 2. The summed E-state index contributed by atoms with van der Waals surface area (Å²) in [5.74, 6) is -3.56. The Kier molecular flexibility index (Phi) is 6.21. The first kappa shape index (κ1) is 20.4. The Hall–Kier alpha value is -3.29. The molecule has 2 aromatic rings. The number of piperazine rings is 1. The minimum Gasteiger partial charge on any atom is -0.352 e. The normalized spacial score (nSPS) is 15.4. The molecule has 1 heterocycles. The minimum atomic E-state index is -0.670. The van der Waals surface area contributed by atoms with E-state index in [1.165, 1.54) is 9.80 Å². The molecule has 0 bridgehead atoms. The Balaban J connectivity index is 1.55. The van der Waals surface area contributed by atoms with E-state index < -0.39 is 35.3 Å². The molecule has 29 heavy (non-hydrogen) atoms. The number of rotatable bonds is 6. The van der Waals surface area contributed by atoms with Crippen molar-refractivity contribution in [3.05, 3.63) is 65.7 Å². The number of amides is 3. The molecular formula is C21H21F2N3O3. The van der Waals surface area contributed by atoms with Crippen molar-refractivity contribution in [2.24, 2.45) is 5.92 Å².